The first-order valence-corrected chi connectivity index (χ1v) is 8.67. The summed E-state index contributed by atoms with van der Waals surface area (Å²) in [6, 6.07) is 10.8. The van der Waals surface area contributed by atoms with E-state index in [-0.39, 0.29) is 18.1 Å². The van der Waals surface area contributed by atoms with Crippen molar-refractivity contribution in [1.29, 1.82) is 0 Å². The number of carbonyl (C=O) groups excluding carboxylic acids is 1. The SMILES string of the molecule is O=C(CNCC1CCCO1)NC1CCN(Cc2ccccc2)C1. The molecule has 2 atom stereocenters. The fraction of sp³-hybridized carbons (Fsp3) is 0.611. The van der Waals surface area contributed by atoms with Crippen molar-refractivity contribution in [3.63, 3.8) is 0 Å². The normalized spacial score (nSPS) is 24.9. The van der Waals surface area contributed by atoms with E-state index < -0.39 is 0 Å². The second kappa shape index (κ2) is 8.43. The van der Waals surface area contributed by atoms with Gasteiger partial charge in [0.15, 0.2) is 0 Å². The molecule has 5 heteroatoms. The number of likely N-dealkylation sites (tertiary alicyclic amines) is 1. The molecule has 2 N–H and O–H groups in total. The van der Waals surface area contributed by atoms with Gasteiger partial charge >= 0.3 is 0 Å². The number of ether oxygens (including phenoxy) is 1. The summed E-state index contributed by atoms with van der Waals surface area (Å²) < 4.78 is 5.54. The molecule has 1 aromatic carbocycles. The smallest absolute Gasteiger partial charge is 0.234 e. The molecule has 126 valence electrons. The van der Waals surface area contributed by atoms with Crippen LogP contribution < -0.4 is 10.6 Å². The first-order chi connectivity index (χ1) is 11.3. The maximum Gasteiger partial charge on any atom is 0.234 e. The van der Waals surface area contributed by atoms with Crippen molar-refractivity contribution in [2.24, 2.45) is 0 Å². The van der Waals surface area contributed by atoms with Gasteiger partial charge in [0.1, 0.15) is 0 Å². The van der Waals surface area contributed by atoms with Crippen molar-refractivity contribution < 1.29 is 9.53 Å². The molecule has 1 amide bonds. The Hall–Kier alpha value is -1.43. The average molecular weight is 317 g/mol. The third-order valence-corrected chi connectivity index (χ3v) is 4.57. The summed E-state index contributed by atoms with van der Waals surface area (Å²) in [4.78, 5) is 14.4. The van der Waals surface area contributed by atoms with Gasteiger partial charge in [0, 0.05) is 38.8 Å². The van der Waals surface area contributed by atoms with Crippen LogP contribution in [0.5, 0.6) is 0 Å². The maximum atomic E-state index is 12.0. The monoisotopic (exact) mass is 317 g/mol. The topological polar surface area (TPSA) is 53.6 Å². The first kappa shape index (κ1) is 16.4. The van der Waals surface area contributed by atoms with Gasteiger partial charge in [-0.25, -0.2) is 0 Å². The zero-order chi connectivity index (χ0) is 15.9. The Labute approximate surface area is 138 Å². The van der Waals surface area contributed by atoms with Crippen LogP contribution in [0.1, 0.15) is 24.8 Å². The lowest BCUT2D eigenvalue weighted by molar-refractivity contribution is -0.120. The molecule has 2 aliphatic rings. The van der Waals surface area contributed by atoms with E-state index in [9.17, 15) is 4.79 Å². The van der Waals surface area contributed by atoms with E-state index in [0.29, 0.717) is 6.54 Å². The molecule has 2 fully saturated rings. The van der Waals surface area contributed by atoms with Crippen molar-refractivity contribution in [3.8, 4) is 0 Å². The van der Waals surface area contributed by atoms with Gasteiger partial charge in [-0.05, 0) is 24.8 Å². The number of benzene rings is 1. The molecule has 0 spiro atoms. The molecule has 0 bridgehead atoms. The first-order valence-electron chi connectivity index (χ1n) is 8.67. The van der Waals surface area contributed by atoms with Crippen LogP contribution in [0, 0.1) is 0 Å². The van der Waals surface area contributed by atoms with E-state index in [2.05, 4.69) is 39.8 Å². The van der Waals surface area contributed by atoms with E-state index in [4.69, 9.17) is 4.74 Å². The number of nitrogens with one attached hydrogen (secondary N) is 2. The van der Waals surface area contributed by atoms with Gasteiger partial charge < -0.3 is 15.4 Å². The van der Waals surface area contributed by atoms with Crippen molar-refractivity contribution in [2.75, 3.05) is 32.8 Å². The van der Waals surface area contributed by atoms with Crippen LogP contribution in [0.25, 0.3) is 0 Å². The second-order valence-electron chi connectivity index (χ2n) is 6.54. The standard InChI is InChI=1S/C18H27N3O2/c22-18(12-19-11-17-7-4-10-23-17)20-16-8-9-21(14-16)13-15-5-2-1-3-6-15/h1-3,5-6,16-17,19H,4,7-14H2,(H,20,22). The van der Waals surface area contributed by atoms with E-state index >= 15 is 0 Å². The Morgan fingerprint density at radius 1 is 1.26 bits per heavy atom. The highest BCUT2D eigenvalue weighted by Gasteiger charge is 2.23. The Kier molecular flexibility index (Phi) is 6.02. The molecule has 2 heterocycles. The predicted octanol–water partition coefficient (Wildman–Crippen LogP) is 1.15. The maximum absolute atomic E-state index is 12.0. The number of hydrogen-bond donors (Lipinski definition) is 2. The van der Waals surface area contributed by atoms with Crippen LogP contribution >= 0.6 is 0 Å². The van der Waals surface area contributed by atoms with E-state index in [1.54, 1.807) is 0 Å². The largest absolute Gasteiger partial charge is 0.377 e. The minimum Gasteiger partial charge on any atom is -0.377 e. The van der Waals surface area contributed by atoms with E-state index in [0.717, 1.165) is 52.0 Å². The number of amides is 1. The summed E-state index contributed by atoms with van der Waals surface area (Å²) in [6.45, 7) is 4.96. The van der Waals surface area contributed by atoms with E-state index in [1.807, 2.05) is 6.07 Å². The minimum absolute atomic E-state index is 0.0922. The van der Waals surface area contributed by atoms with Crippen LogP contribution in [0.4, 0.5) is 0 Å². The lowest BCUT2D eigenvalue weighted by atomic mass is 10.2. The fourth-order valence-electron chi connectivity index (χ4n) is 3.37. The molecule has 2 unspecified atom stereocenters. The van der Waals surface area contributed by atoms with Gasteiger partial charge in [0.05, 0.1) is 12.6 Å². The van der Waals surface area contributed by atoms with Crippen molar-refractivity contribution in [1.82, 2.24) is 15.5 Å². The quantitative estimate of drug-likeness (QED) is 0.792. The van der Waals surface area contributed by atoms with Crippen molar-refractivity contribution in [3.05, 3.63) is 35.9 Å². The molecule has 5 nitrogen and oxygen atoms in total. The highest BCUT2D eigenvalue weighted by atomic mass is 16.5. The average Bonchev–Trinajstić information content (AvgIpc) is 3.21. The summed E-state index contributed by atoms with van der Waals surface area (Å²) in [6.07, 6.45) is 3.56. The molecular formula is C18H27N3O2. The molecule has 0 aliphatic carbocycles. The summed E-state index contributed by atoms with van der Waals surface area (Å²) >= 11 is 0. The van der Waals surface area contributed by atoms with Gasteiger partial charge in [0.2, 0.25) is 5.91 Å². The molecular weight excluding hydrogens is 290 g/mol. The zero-order valence-electron chi connectivity index (χ0n) is 13.7. The third-order valence-electron chi connectivity index (χ3n) is 4.57. The highest BCUT2D eigenvalue weighted by molar-refractivity contribution is 5.78. The Bertz CT molecular complexity index is 488. The van der Waals surface area contributed by atoms with Crippen LogP contribution in [0.15, 0.2) is 30.3 Å². The molecule has 2 aliphatic heterocycles. The van der Waals surface area contributed by atoms with Gasteiger partial charge in [-0.1, -0.05) is 30.3 Å². The summed E-state index contributed by atoms with van der Waals surface area (Å²) in [5, 5.41) is 6.34. The zero-order valence-corrected chi connectivity index (χ0v) is 13.7. The summed E-state index contributed by atoms with van der Waals surface area (Å²) in [5.74, 6) is 0.0922. The fourth-order valence-corrected chi connectivity index (χ4v) is 3.37. The minimum atomic E-state index is 0.0922. The Morgan fingerprint density at radius 2 is 2.13 bits per heavy atom. The molecule has 3 rings (SSSR count). The summed E-state index contributed by atoms with van der Waals surface area (Å²) in [7, 11) is 0. The third kappa shape index (κ3) is 5.30. The molecule has 23 heavy (non-hydrogen) atoms. The number of carbonyl (C=O) groups is 1. The molecule has 1 aromatic rings. The Balaban J connectivity index is 1.32. The number of rotatable bonds is 7. The molecule has 2 saturated heterocycles. The number of hydrogen-bond acceptors (Lipinski definition) is 4. The summed E-state index contributed by atoms with van der Waals surface area (Å²) in [5.41, 5.74) is 1.33. The van der Waals surface area contributed by atoms with Crippen molar-refractivity contribution in [2.45, 2.75) is 38.0 Å². The van der Waals surface area contributed by atoms with Gasteiger partial charge in [0.25, 0.3) is 0 Å². The molecule has 0 radical (unpaired) electrons. The lowest BCUT2D eigenvalue weighted by Crippen LogP contribution is -2.43. The van der Waals surface area contributed by atoms with Crippen LogP contribution in [-0.4, -0.2) is 55.7 Å². The van der Waals surface area contributed by atoms with Gasteiger partial charge in [-0.15, -0.1) is 0 Å². The molecule has 0 aromatic heterocycles. The van der Waals surface area contributed by atoms with Crippen molar-refractivity contribution >= 4 is 5.91 Å². The second-order valence-corrected chi connectivity index (χ2v) is 6.54. The lowest BCUT2D eigenvalue weighted by Gasteiger charge is -2.17. The predicted molar refractivity (Wildman–Crippen MR) is 90.1 cm³/mol. The Morgan fingerprint density at radius 3 is 2.91 bits per heavy atom. The van der Waals surface area contributed by atoms with Crippen LogP contribution in [0.3, 0.4) is 0 Å². The molecule has 0 saturated carbocycles. The number of nitrogens with zero attached hydrogens (tertiary/aromatic N) is 1. The van der Waals surface area contributed by atoms with Gasteiger partial charge in [-0.3, -0.25) is 9.69 Å². The van der Waals surface area contributed by atoms with Crippen LogP contribution in [-0.2, 0) is 16.1 Å². The highest BCUT2D eigenvalue weighted by Crippen LogP contribution is 2.13. The van der Waals surface area contributed by atoms with Crippen LogP contribution in [0.2, 0.25) is 0 Å². The van der Waals surface area contributed by atoms with Gasteiger partial charge in [-0.2, -0.15) is 0 Å². The van der Waals surface area contributed by atoms with E-state index in [1.165, 1.54) is 5.56 Å².